The Morgan fingerprint density at radius 1 is 1.00 bits per heavy atom. The molecule has 0 bridgehead atoms. The van der Waals surface area contributed by atoms with E-state index in [0.29, 0.717) is 18.4 Å². The molecule has 1 aliphatic carbocycles. The van der Waals surface area contributed by atoms with Crippen LogP contribution in [-0.2, 0) is 16.1 Å². The minimum atomic E-state index is -0.485. The van der Waals surface area contributed by atoms with Gasteiger partial charge in [0.05, 0.1) is 0 Å². The summed E-state index contributed by atoms with van der Waals surface area (Å²) in [5.41, 5.74) is 0.499. The van der Waals surface area contributed by atoms with Crippen molar-refractivity contribution in [1.82, 2.24) is 15.1 Å². The largest absolute Gasteiger partial charge is 0.445 e. The van der Waals surface area contributed by atoms with Gasteiger partial charge in [-0.3, -0.25) is 0 Å². The Morgan fingerprint density at radius 2 is 1.67 bits per heavy atom. The van der Waals surface area contributed by atoms with Gasteiger partial charge in [-0.05, 0) is 103 Å². The summed E-state index contributed by atoms with van der Waals surface area (Å²) in [5.74, 6) is 0.938. The highest BCUT2D eigenvalue weighted by molar-refractivity contribution is 5.68. The molecule has 1 aromatic rings. The number of nitrogens with zero attached hydrogens (tertiary/aromatic N) is 2. The number of hydrogen-bond acceptors (Lipinski definition) is 5. The highest BCUT2D eigenvalue weighted by Crippen LogP contribution is 2.29. The Labute approximate surface area is 217 Å². The van der Waals surface area contributed by atoms with Crippen LogP contribution in [0.3, 0.4) is 0 Å². The van der Waals surface area contributed by atoms with Gasteiger partial charge >= 0.3 is 12.2 Å². The van der Waals surface area contributed by atoms with Crippen molar-refractivity contribution < 1.29 is 19.1 Å². The number of benzene rings is 1. The van der Waals surface area contributed by atoms with Crippen molar-refractivity contribution in [3.63, 3.8) is 0 Å². The highest BCUT2D eigenvalue weighted by atomic mass is 16.6. The number of rotatable bonds is 10. The number of amides is 2. The number of alkyl carbamates (subject to hydrolysis) is 1. The Bertz CT molecular complexity index is 781. The van der Waals surface area contributed by atoms with E-state index >= 15 is 0 Å². The lowest BCUT2D eigenvalue weighted by molar-refractivity contribution is 0.0193. The second-order valence-corrected chi connectivity index (χ2v) is 11.5. The molecule has 7 heteroatoms. The summed E-state index contributed by atoms with van der Waals surface area (Å²) < 4.78 is 11.1. The molecule has 0 unspecified atom stereocenters. The molecule has 2 fully saturated rings. The molecule has 0 atom stereocenters. The molecule has 1 N–H and O–H groups in total. The summed E-state index contributed by atoms with van der Waals surface area (Å²) in [4.78, 5) is 29.5. The molecule has 1 aliphatic heterocycles. The first-order valence-electron chi connectivity index (χ1n) is 13.9. The zero-order valence-electron chi connectivity index (χ0n) is 22.7. The van der Waals surface area contributed by atoms with E-state index in [1.54, 1.807) is 0 Å². The van der Waals surface area contributed by atoms with Crippen LogP contribution >= 0.6 is 0 Å². The monoisotopic (exact) mass is 501 g/mol. The topological polar surface area (TPSA) is 71.1 Å². The maximum absolute atomic E-state index is 12.9. The third-order valence-corrected chi connectivity index (χ3v) is 7.20. The molecule has 36 heavy (non-hydrogen) atoms. The fraction of sp³-hybridized carbons (Fsp3) is 0.724. The molecule has 1 heterocycles. The van der Waals surface area contributed by atoms with Crippen LogP contribution in [-0.4, -0.2) is 66.9 Å². The van der Waals surface area contributed by atoms with E-state index in [1.165, 1.54) is 32.4 Å². The second-order valence-electron chi connectivity index (χ2n) is 11.5. The molecular formula is C29H47N3O4. The number of ether oxygens (including phenoxy) is 2. The summed E-state index contributed by atoms with van der Waals surface area (Å²) >= 11 is 0. The molecule has 2 amide bonds. The molecule has 0 spiro atoms. The summed E-state index contributed by atoms with van der Waals surface area (Å²) in [5, 5.41) is 2.93. The Hall–Kier alpha value is -2.28. The van der Waals surface area contributed by atoms with Gasteiger partial charge in [-0.15, -0.1) is 0 Å². The van der Waals surface area contributed by atoms with Crippen molar-refractivity contribution >= 4 is 12.2 Å². The third-order valence-electron chi connectivity index (χ3n) is 7.20. The van der Waals surface area contributed by atoms with Crippen molar-refractivity contribution in [2.24, 2.45) is 11.8 Å². The van der Waals surface area contributed by atoms with Crippen molar-refractivity contribution in [2.45, 2.75) is 84.3 Å². The van der Waals surface area contributed by atoms with Crippen molar-refractivity contribution in [3.8, 4) is 0 Å². The molecular weight excluding hydrogens is 454 g/mol. The van der Waals surface area contributed by atoms with E-state index in [0.717, 1.165) is 57.3 Å². The van der Waals surface area contributed by atoms with Crippen LogP contribution in [0.5, 0.6) is 0 Å². The summed E-state index contributed by atoms with van der Waals surface area (Å²) in [6.07, 6.45) is 8.61. The first-order chi connectivity index (χ1) is 17.3. The standard InChI is InChI=1S/C29H47N3O4/c1-29(2,3)36-28(34)32(20-10-19-31-17-8-5-9-18-31)22-25-15-13-24(14-16-25)21-30-27(33)35-23-26-11-6-4-7-12-26/h4,6-7,11-12,24-25H,5,8-10,13-23H2,1-3H3,(H,30,33)/t24-,25-. The molecule has 1 saturated carbocycles. The number of carbonyl (C=O) groups is 2. The Balaban J connectivity index is 1.38. The summed E-state index contributed by atoms with van der Waals surface area (Å²) in [6, 6.07) is 9.72. The molecule has 1 saturated heterocycles. The minimum absolute atomic E-state index is 0.189. The number of hydrogen-bond donors (Lipinski definition) is 1. The van der Waals surface area contributed by atoms with Crippen LogP contribution in [0.1, 0.15) is 77.7 Å². The van der Waals surface area contributed by atoms with Crippen LogP contribution in [0.2, 0.25) is 0 Å². The zero-order valence-corrected chi connectivity index (χ0v) is 22.7. The number of piperidine rings is 1. The van der Waals surface area contributed by atoms with E-state index in [2.05, 4.69) is 10.2 Å². The summed E-state index contributed by atoms with van der Waals surface area (Å²) in [6.45, 7) is 11.7. The molecule has 202 valence electrons. The van der Waals surface area contributed by atoms with Gasteiger partial charge in [-0.25, -0.2) is 9.59 Å². The molecule has 1 aromatic carbocycles. The minimum Gasteiger partial charge on any atom is -0.445 e. The van der Waals surface area contributed by atoms with E-state index < -0.39 is 5.60 Å². The van der Waals surface area contributed by atoms with Crippen molar-refractivity contribution in [3.05, 3.63) is 35.9 Å². The fourth-order valence-corrected chi connectivity index (χ4v) is 5.18. The average molecular weight is 502 g/mol. The number of nitrogens with one attached hydrogen (secondary N) is 1. The van der Waals surface area contributed by atoms with Gasteiger partial charge in [-0.2, -0.15) is 0 Å². The first-order valence-corrected chi connectivity index (χ1v) is 13.9. The predicted molar refractivity (Wildman–Crippen MR) is 143 cm³/mol. The van der Waals surface area contributed by atoms with E-state index in [-0.39, 0.29) is 18.8 Å². The van der Waals surface area contributed by atoms with Gasteiger partial charge in [0.1, 0.15) is 12.2 Å². The van der Waals surface area contributed by atoms with Crippen LogP contribution in [0, 0.1) is 11.8 Å². The van der Waals surface area contributed by atoms with Crippen molar-refractivity contribution in [1.29, 1.82) is 0 Å². The van der Waals surface area contributed by atoms with Gasteiger partial charge in [0, 0.05) is 19.6 Å². The van der Waals surface area contributed by atoms with Crippen LogP contribution in [0.15, 0.2) is 30.3 Å². The van der Waals surface area contributed by atoms with E-state index in [4.69, 9.17) is 9.47 Å². The lowest BCUT2D eigenvalue weighted by atomic mass is 9.81. The summed E-state index contributed by atoms with van der Waals surface area (Å²) in [7, 11) is 0. The van der Waals surface area contributed by atoms with Crippen LogP contribution in [0.25, 0.3) is 0 Å². The predicted octanol–water partition coefficient (Wildman–Crippen LogP) is 5.83. The van der Waals surface area contributed by atoms with Gasteiger partial charge in [0.25, 0.3) is 0 Å². The first kappa shape index (κ1) is 28.3. The maximum atomic E-state index is 12.9. The van der Waals surface area contributed by atoms with Gasteiger partial charge in [0.15, 0.2) is 0 Å². The Kier molecular flexibility index (Phi) is 11.4. The second kappa shape index (κ2) is 14.5. The normalized spacial score (nSPS) is 21.0. The molecule has 2 aliphatic rings. The quantitative estimate of drug-likeness (QED) is 0.437. The number of carbonyl (C=O) groups excluding carboxylic acids is 2. The molecule has 7 nitrogen and oxygen atoms in total. The Morgan fingerprint density at radius 3 is 2.33 bits per heavy atom. The lowest BCUT2D eigenvalue weighted by Crippen LogP contribution is -2.42. The van der Waals surface area contributed by atoms with E-state index in [1.807, 2.05) is 56.0 Å². The molecule has 3 rings (SSSR count). The highest BCUT2D eigenvalue weighted by Gasteiger charge is 2.28. The molecule has 0 aromatic heterocycles. The van der Waals surface area contributed by atoms with E-state index in [9.17, 15) is 9.59 Å². The number of likely N-dealkylation sites (tertiary alicyclic amines) is 1. The maximum Gasteiger partial charge on any atom is 0.410 e. The van der Waals surface area contributed by atoms with Gasteiger partial charge in [-0.1, -0.05) is 36.8 Å². The van der Waals surface area contributed by atoms with Gasteiger partial charge < -0.3 is 24.6 Å². The fourth-order valence-electron chi connectivity index (χ4n) is 5.18. The molecule has 0 radical (unpaired) electrons. The van der Waals surface area contributed by atoms with Crippen molar-refractivity contribution in [2.75, 3.05) is 39.3 Å². The zero-order chi connectivity index (χ0) is 25.8. The average Bonchev–Trinajstić information content (AvgIpc) is 2.86. The smallest absolute Gasteiger partial charge is 0.410 e. The van der Waals surface area contributed by atoms with Crippen LogP contribution in [0.4, 0.5) is 9.59 Å². The van der Waals surface area contributed by atoms with Crippen LogP contribution < -0.4 is 5.32 Å². The lowest BCUT2D eigenvalue weighted by Gasteiger charge is -2.34. The SMILES string of the molecule is CC(C)(C)OC(=O)N(CCCN1CCCCC1)C[C@H]1CC[C@H](CNC(=O)OCc2ccccc2)CC1. The third kappa shape index (κ3) is 10.8. The van der Waals surface area contributed by atoms with Gasteiger partial charge in [0.2, 0.25) is 0 Å².